The van der Waals surface area contributed by atoms with E-state index in [1.54, 1.807) is 6.20 Å². The van der Waals surface area contributed by atoms with Crippen molar-refractivity contribution in [2.45, 2.75) is 19.8 Å². The van der Waals surface area contributed by atoms with Crippen LogP contribution in [-0.2, 0) is 0 Å². The second kappa shape index (κ2) is 4.35. The van der Waals surface area contributed by atoms with Crippen LogP contribution in [0.15, 0.2) is 42.6 Å². The number of hydrogen-bond donors (Lipinski definition) is 1. The van der Waals surface area contributed by atoms with Gasteiger partial charge in [0.25, 0.3) is 0 Å². The zero-order valence-corrected chi connectivity index (χ0v) is 9.64. The third-order valence-corrected chi connectivity index (χ3v) is 2.61. The Balaban J connectivity index is 2.57. The first-order valence-electron chi connectivity index (χ1n) is 5.49. The van der Waals surface area contributed by atoms with E-state index in [4.69, 9.17) is 5.73 Å². The fraction of sp³-hybridized carbons (Fsp3) is 0.214. The number of nitrogens with two attached hydrogens (primary N) is 1. The van der Waals surface area contributed by atoms with Crippen LogP contribution in [0.2, 0.25) is 0 Å². The third kappa shape index (κ3) is 2.06. The maximum absolute atomic E-state index is 5.78. The summed E-state index contributed by atoms with van der Waals surface area (Å²) in [5.41, 5.74) is 9.88. The average Bonchev–Trinajstić information content (AvgIpc) is 2.30. The molecule has 2 N–H and O–H groups in total. The summed E-state index contributed by atoms with van der Waals surface area (Å²) in [6.07, 6.45) is 1.72. The van der Waals surface area contributed by atoms with Crippen molar-refractivity contribution in [3.63, 3.8) is 0 Å². The van der Waals surface area contributed by atoms with E-state index in [9.17, 15) is 0 Å². The van der Waals surface area contributed by atoms with Crippen LogP contribution in [0, 0.1) is 0 Å². The Labute approximate surface area is 96.1 Å². The van der Waals surface area contributed by atoms with Gasteiger partial charge in [0, 0.05) is 5.56 Å². The molecule has 16 heavy (non-hydrogen) atoms. The molecule has 1 aromatic carbocycles. The highest BCUT2D eigenvalue weighted by atomic mass is 14.7. The third-order valence-electron chi connectivity index (χ3n) is 2.61. The molecule has 0 fully saturated rings. The van der Waals surface area contributed by atoms with Crippen LogP contribution in [0.1, 0.15) is 25.3 Å². The van der Waals surface area contributed by atoms with Gasteiger partial charge in [-0.1, -0.05) is 44.2 Å². The summed E-state index contributed by atoms with van der Waals surface area (Å²) in [5, 5.41) is 0. The molecule has 0 saturated heterocycles. The maximum atomic E-state index is 5.78. The zero-order valence-electron chi connectivity index (χ0n) is 9.64. The van der Waals surface area contributed by atoms with Crippen LogP contribution in [0.3, 0.4) is 0 Å². The summed E-state index contributed by atoms with van der Waals surface area (Å²) < 4.78 is 0. The molecule has 1 aromatic heterocycles. The molecule has 1 heterocycles. The molecule has 2 nitrogen and oxygen atoms in total. The second-order valence-electron chi connectivity index (χ2n) is 4.23. The number of aromatic nitrogens is 1. The van der Waals surface area contributed by atoms with Crippen LogP contribution in [0.4, 0.5) is 5.69 Å². The first-order chi connectivity index (χ1) is 7.68. The molecule has 2 heteroatoms. The number of anilines is 1. The molecule has 0 atom stereocenters. The average molecular weight is 212 g/mol. The highest BCUT2D eigenvalue weighted by Crippen LogP contribution is 2.28. The minimum absolute atomic E-state index is 0.422. The summed E-state index contributed by atoms with van der Waals surface area (Å²) >= 11 is 0. The Bertz CT molecular complexity index is 475. The molecule has 2 aromatic rings. The minimum atomic E-state index is 0.422. The standard InChI is InChI=1S/C14H16N2/c1-10(2)13-8-12(15)9-16-14(13)11-6-4-3-5-7-11/h3-10H,15H2,1-2H3. The number of rotatable bonds is 2. The highest BCUT2D eigenvalue weighted by Gasteiger charge is 2.09. The van der Waals surface area contributed by atoms with Gasteiger partial charge in [0.2, 0.25) is 0 Å². The van der Waals surface area contributed by atoms with Crippen molar-refractivity contribution in [1.29, 1.82) is 0 Å². The van der Waals surface area contributed by atoms with E-state index in [1.807, 2.05) is 24.3 Å². The molecule has 0 aliphatic carbocycles. The van der Waals surface area contributed by atoms with Crippen LogP contribution >= 0.6 is 0 Å². The van der Waals surface area contributed by atoms with E-state index in [0.717, 1.165) is 16.9 Å². The van der Waals surface area contributed by atoms with E-state index in [1.165, 1.54) is 5.56 Å². The minimum Gasteiger partial charge on any atom is -0.397 e. The molecule has 82 valence electrons. The highest BCUT2D eigenvalue weighted by molar-refractivity contribution is 5.65. The fourth-order valence-corrected chi connectivity index (χ4v) is 1.78. The summed E-state index contributed by atoms with van der Waals surface area (Å²) in [6, 6.07) is 12.2. The van der Waals surface area contributed by atoms with Crippen molar-refractivity contribution < 1.29 is 0 Å². The number of nitrogens with zero attached hydrogens (tertiary/aromatic N) is 1. The van der Waals surface area contributed by atoms with Gasteiger partial charge in [-0.05, 0) is 17.5 Å². The van der Waals surface area contributed by atoms with E-state index in [2.05, 4.69) is 31.0 Å². The maximum Gasteiger partial charge on any atom is 0.0738 e. The monoisotopic (exact) mass is 212 g/mol. The Morgan fingerprint density at radius 1 is 1.12 bits per heavy atom. The largest absolute Gasteiger partial charge is 0.397 e. The lowest BCUT2D eigenvalue weighted by molar-refractivity contribution is 0.862. The van der Waals surface area contributed by atoms with Gasteiger partial charge in [-0.2, -0.15) is 0 Å². The Morgan fingerprint density at radius 3 is 2.44 bits per heavy atom. The summed E-state index contributed by atoms with van der Waals surface area (Å²) in [5.74, 6) is 0.422. The first kappa shape index (κ1) is 10.7. The Hall–Kier alpha value is -1.83. The lowest BCUT2D eigenvalue weighted by Gasteiger charge is -2.12. The van der Waals surface area contributed by atoms with Gasteiger partial charge in [0.15, 0.2) is 0 Å². The van der Waals surface area contributed by atoms with Crippen molar-refractivity contribution >= 4 is 5.69 Å². The van der Waals surface area contributed by atoms with Crippen molar-refractivity contribution in [1.82, 2.24) is 4.98 Å². The molecule has 0 saturated carbocycles. The predicted octanol–water partition coefficient (Wildman–Crippen LogP) is 3.45. The number of hydrogen-bond acceptors (Lipinski definition) is 2. The van der Waals surface area contributed by atoms with Gasteiger partial charge in [-0.15, -0.1) is 0 Å². The van der Waals surface area contributed by atoms with Gasteiger partial charge in [-0.3, -0.25) is 4.98 Å². The molecule has 0 aliphatic heterocycles. The van der Waals surface area contributed by atoms with Crippen LogP contribution in [-0.4, -0.2) is 4.98 Å². The number of nitrogen functional groups attached to an aromatic ring is 1. The van der Waals surface area contributed by atoms with Crippen LogP contribution in [0.5, 0.6) is 0 Å². The van der Waals surface area contributed by atoms with Crippen molar-refractivity contribution in [3.05, 3.63) is 48.2 Å². The molecular weight excluding hydrogens is 196 g/mol. The molecule has 2 rings (SSSR count). The van der Waals surface area contributed by atoms with Crippen molar-refractivity contribution in [3.8, 4) is 11.3 Å². The molecule has 0 spiro atoms. The SMILES string of the molecule is CC(C)c1cc(N)cnc1-c1ccccc1. The second-order valence-corrected chi connectivity index (χ2v) is 4.23. The van der Waals surface area contributed by atoms with E-state index in [-0.39, 0.29) is 0 Å². The zero-order chi connectivity index (χ0) is 11.5. The van der Waals surface area contributed by atoms with Gasteiger partial charge in [0.1, 0.15) is 0 Å². The van der Waals surface area contributed by atoms with Crippen LogP contribution < -0.4 is 5.73 Å². The Morgan fingerprint density at radius 2 is 1.81 bits per heavy atom. The molecule has 0 bridgehead atoms. The lowest BCUT2D eigenvalue weighted by atomic mass is 9.97. The van der Waals surface area contributed by atoms with Gasteiger partial charge in [0.05, 0.1) is 17.6 Å². The lowest BCUT2D eigenvalue weighted by Crippen LogP contribution is -1.98. The van der Waals surface area contributed by atoms with E-state index >= 15 is 0 Å². The summed E-state index contributed by atoms with van der Waals surface area (Å²) in [6.45, 7) is 4.31. The normalized spacial score (nSPS) is 10.7. The van der Waals surface area contributed by atoms with E-state index in [0.29, 0.717) is 5.92 Å². The topological polar surface area (TPSA) is 38.9 Å². The van der Waals surface area contributed by atoms with Gasteiger partial charge < -0.3 is 5.73 Å². The molecule has 0 aliphatic rings. The molecule has 0 unspecified atom stereocenters. The van der Waals surface area contributed by atoms with Crippen molar-refractivity contribution in [2.75, 3.05) is 5.73 Å². The number of benzene rings is 1. The van der Waals surface area contributed by atoms with Crippen LogP contribution in [0.25, 0.3) is 11.3 Å². The molecule has 0 amide bonds. The summed E-state index contributed by atoms with van der Waals surface area (Å²) in [7, 11) is 0. The summed E-state index contributed by atoms with van der Waals surface area (Å²) in [4.78, 5) is 4.44. The quantitative estimate of drug-likeness (QED) is 0.828. The molecule has 0 radical (unpaired) electrons. The Kier molecular flexibility index (Phi) is 2.91. The molecular formula is C14H16N2. The predicted molar refractivity (Wildman–Crippen MR) is 68.2 cm³/mol. The number of pyridine rings is 1. The fourth-order valence-electron chi connectivity index (χ4n) is 1.78. The van der Waals surface area contributed by atoms with Gasteiger partial charge in [-0.25, -0.2) is 0 Å². The van der Waals surface area contributed by atoms with Crippen molar-refractivity contribution in [2.24, 2.45) is 0 Å². The van der Waals surface area contributed by atoms with E-state index < -0.39 is 0 Å². The first-order valence-corrected chi connectivity index (χ1v) is 5.49. The van der Waals surface area contributed by atoms with Gasteiger partial charge >= 0.3 is 0 Å². The smallest absolute Gasteiger partial charge is 0.0738 e.